The van der Waals surface area contributed by atoms with Gasteiger partial charge in [-0.25, -0.2) is 9.59 Å². The summed E-state index contributed by atoms with van der Waals surface area (Å²) in [6, 6.07) is 15.8. The minimum absolute atomic E-state index is 0.153. The summed E-state index contributed by atoms with van der Waals surface area (Å²) in [4.78, 5) is 28.4. The summed E-state index contributed by atoms with van der Waals surface area (Å²) in [5, 5.41) is 15.2. The molecule has 1 aliphatic rings. The SMILES string of the molecule is N#Cc1ccc(NC(=O)N2CCCN(C(=O)NCc3cccc(Cl)c3)CC2)cc1. The van der Waals surface area contributed by atoms with Crippen LogP contribution in [0.25, 0.3) is 0 Å². The zero-order valence-corrected chi connectivity index (χ0v) is 16.7. The van der Waals surface area contributed by atoms with Gasteiger partial charge >= 0.3 is 12.1 Å². The molecule has 2 N–H and O–H groups in total. The second kappa shape index (κ2) is 9.80. The highest BCUT2D eigenvalue weighted by Gasteiger charge is 2.22. The Morgan fingerprint density at radius 1 is 1.00 bits per heavy atom. The highest BCUT2D eigenvalue weighted by atomic mass is 35.5. The van der Waals surface area contributed by atoms with Crippen LogP contribution < -0.4 is 10.6 Å². The number of benzene rings is 2. The Morgan fingerprint density at radius 3 is 2.34 bits per heavy atom. The van der Waals surface area contributed by atoms with Gasteiger partial charge in [0, 0.05) is 43.4 Å². The zero-order valence-electron chi connectivity index (χ0n) is 15.9. The van der Waals surface area contributed by atoms with Crippen LogP contribution in [-0.2, 0) is 6.54 Å². The van der Waals surface area contributed by atoms with E-state index in [0.717, 1.165) is 5.56 Å². The third kappa shape index (κ3) is 5.87. The molecule has 0 spiro atoms. The summed E-state index contributed by atoms with van der Waals surface area (Å²) < 4.78 is 0. The van der Waals surface area contributed by atoms with Crippen molar-refractivity contribution in [3.05, 3.63) is 64.7 Å². The molecular formula is C21H22ClN5O2. The second-order valence-corrected chi connectivity index (χ2v) is 7.17. The standard InChI is InChI=1S/C21H22ClN5O2/c22-18-4-1-3-17(13-18)15-24-20(28)26-9-2-10-27(12-11-26)21(29)25-19-7-5-16(14-23)6-8-19/h1,3-8,13H,2,9-12,15H2,(H,24,28)(H,25,29). The lowest BCUT2D eigenvalue weighted by atomic mass is 10.2. The van der Waals surface area contributed by atoms with E-state index in [1.165, 1.54) is 0 Å². The van der Waals surface area contributed by atoms with E-state index in [1.54, 1.807) is 40.1 Å². The third-order valence-electron chi connectivity index (χ3n) is 4.67. The maximum absolute atomic E-state index is 12.5. The van der Waals surface area contributed by atoms with Crippen LogP contribution in [0.15, 0.2) is 48.5 Å². The number of carbonyl (C=O) groups excluding carboxylic acids is 2. The van der Waals surface area contributed by atoms with Crippen molar-refractivity contribution in [1.29, 1.82) is 5.26 Å². The number of rotatable bonds is 3. The first kappa shape index (κ1) is 20.5. The predicted octanol–water partition coefficient (Wildman–Crippen LogP) is 3.66. The molecule has 1 heterocycles. The molecule has 0 saturated carbocycles. The van der Waals surface area contributed by atoms with E-state index in [-0.39, 0.29) is 12.1 Å². The third-order valence-corrected chi connectivity index (χ3v) is 4.90. The number of nitrogens with zero attached hydrogens (tertiary/aromatic N) is 3. The lowest BCUT2D eigenvalue weighted by Crippen LogP contribution is -2.43. The van der Waals surface area contributed by atoms with Gasteiger partial charge in [0.05, 0.1) is 11.6 Å². The van der Waals surface area contributed by atoms with Crippen molar-refractivity contribution in [3.8, 4) is 6.07 Å². The summed E-state index contributed by atoms with van der Waals surface area (Å²) in [5.74, 6) is 0. The van der Waals surface area contributed by atoms with E-state index >= 15 is 0 Å². The van der Waals surface area contributed by atoms with E-state index in [0.29, 0.717) is 55.4 Å². The monoisotopic (exact) mass is 411 g/mol. The molecule has 0 radical (unpaired) electrons. The van der Waals surface area contributed by atoms with Gasteiger partial charge in [0.2, 0.25) is 0 Å². The van der Waals surface area contributed by atoms with E-state index in [4.69, 9.17) is 16.9 Å². The van der Waals surface area contributed by atoms with Crippen molar-refractivity contribution in [2.24, 2.45) is 0 Å². The number of halogens is 1. The van der Waals surface area contributed by atoms with Crippen LogP contribution >= 0.6 is 11.6 Å². The molecule has 0 atom stereocenters. The summed E-state index contributed by atoms with van der Waals surface area (Å²) in [6.45, 7) is 2.47. The molecule has 0 unspecified atom stereocenters. The molecule has 0 bridgehead atoms. The minimum Gasteiger partial charge on any atom is -0.334 e. The van der Waals surface area contributed by atoms with Crippen LogP contribution in [-0.4, -0.2) is 48.0 Å². The van der Waals surface area contributed by atoms with Crippen LogP contribution in [0.5, 0.6) is 0 Å². The molecule has 2 aromatic carbocycles. The van der Waals surface area contributed by atoms with Crippen LogP contribution in [0.2, 0.25) is 5.02 Å². The molecule has 1 saturated heterocycles. The maximum atomic E-state index is 12.5. The van der Waals surface area contributed by atoms with Crippen molar-refractivity contribution in [1.82, 2.24) is 15.1 Å². The second-order valence-electron chi connectivity index (χ2n) is 6.74. The van der Waals surface area contributed by atoms with Crippen molar-refractivity contribution in [3.63, 3.8) is 0 Å². The number of hydrogen-bond acceptors (Lipinski definition) is 3. The molecule has 2 aromatic rings. The summed E-state index contributed by atoms with van der Waals surface area (Å²) >= 11 is 5.97. The van der Waals surface area contributed by atoms with Crippen molar-refractivity contribution < 1.29 is 9.59 Å². The maximum Gasteiger partial charge on any atom is 0.321 e. The molecule has 0 aromatic heterocycles. The Kier molecular flexibility index (Phi) is 6.93. The van der Waals surface area contributed by atoms with Gasteiger partial charge in [-0.15, -0.1) is 0 Å². The first-order chi connectivity index (χ1) is 14.0. The minimum atomic E-state index is -0.212. The predicted molar refractivity (Wildman–Crippen MR) is 112 cm³/mol. The van der Waals surface area contributed by atoms with Crippen molar-refractivity contribution in [2.75, 3.05) is 31.5 Å². The average molecular weight is 412 g/mol. The number of hydrogen-bond donors (Lipinski definition) is 2. The van der Waals surface area contributed by atoms with Crippen LogP contribution in [0.4, 0.5) is 15.3 Å². The molecule has 7 nitrogen and oxygen atoms in total. The van der Waals surface area contributed by atoms with Crippen molar-refractivity contribution in [2.45, 2.75) is 13.0 Å². The van der Waals surface area contributed by atoms with Gasteiger partial charge in [0.25, 0.3) is 0 Å². The first-order valence-corrected chi connectivity index (χ1v) is 9.76. The molecule has 1 aliphatic heterocycles. The number of urea groups is 2. The normalized spacial score (nSPS) is 13.9. The Bertz CT molecular complexity index is 910. The smallest absolute Gasteiger partial charge is 0.321 e. The number of nitriles is 1. The van der Waals surface area contributed by atoms with E-state index in [1.807, 2.05) is 24.3 Å². The highest BCUT2D eigenvalue weighted by molar-refractivity contribution is 6.30. The molecule has 3 rings (SSSR count). The summed E-state index contributed by atoms with van der Waals surface area (Å²) in [7, 11) is 0. The molecule has 0 aliphatic carbocycles. The Morgan fingerprint density at radius 2 is 1.69 bits per heavy atom. The molecule has 8 heteroatoms. The summed E-state index contributed by atoms with van der Waals surface area (Å²) in [5.41, 5.74) is 2.11. The van der Waals surface area contributed by atoms with Crippen LogP contribution in [0.3, 0.4) is 0 Å². The molecule has 1 fully saturated rings. The Labute approximate surface area is 174 Å². The van der Waals surface area contributed by atoms with Gasteiger partial charge in [0.15, 0.2) is 0 Å². The van der Waals surface area contributed by atoms with Gasteiger partial charge < -0.3 is 20.4 Å². The fraction of sp³-hybridized carbons (Fsp3) is 0.286. The van der Waals surface area contributed by atoms with Crippen molar-refractivity contribution >= 4 is 29.4 Å². The first-order valence-electron chi connectivity index (χ1n) is 9.38. The van der Waals surface area contributed by atoms with Crippen LogP contribution in [0, 0.1) is 11.3 Å². The van der Waals surface area contributed by atoms with Gasteiger partial charge in [-0.1, -0.05) is 23.7 Å². The number of carbonyl (C=O) groups is 2. The average Bonchev–Trinajstić information content (AvgIpc) is 2.99. The highest BCUT2D eigenvalue weighted by Crippen LogP contribution is 2.12. The quantitative estimate of drug-likeness (QED) is 0.807. The van der Waals surface area contributed by atoms with Gasteiger partial charge in [-0.3, -0.25) is 0 Å². The number of nitrogens with one attached hydrogen (secondary N) is 2. The van der Waals surface area contributed by atoms with Gasteiger partial charge in [0.1, 0.15) is 0 Å². The van der Waals surface area contributed by atoms with Gasteiger partial charge in [-0.05, 0) is 48.4 Å². The lowest BCUT2D eigenvalue weighted by Gasteiger charge is -2.23. The summed E-state index contributed by atoms with van der Waals surface area (Å²) in [6.07, 6.45) is 0.700. The largest absolute Gasteiger partial charge is 0.334 e. The Hall–Kier alpha value is -3.24. The van der Waals surface area contributed by atoms with Crippen LogP contribution in [0.1, 0.15) is 17.5 Å². The van der Waals surface area contributed by atoms with E-state index in [9.17, 15) is 9.59 Å². The topological polar surface area (TPSA) is 88.5 Å². The Balaban J connectivity index is 1.49. The lowest BCUT2D eigenvalue weighted by molar-refractivity contribution is 0.195. The zero-order chi connectivity index (χ0) is 20.6. The molecule has 150 valence electrons. The fourth-order valence-electron chi connectivity index (χ4n) is 3.09. The van der Waals surface area contributed by atoms with E-state index in [2.05, 4.69) is 10.6 Å². The molecular weight excluding hydrogens is 390 g/mol. The van der Waals surface area contributed by atoms with E-state index < -0.39 is 0 Å². The number of amides is 4. The fourth-order valence-corrected chi connectivity index (χ4v) is 3.30. The molecule has 4 amide bonds. The van der Waals surface area contributed by atoms with Gasteiger partial charge in [-0.2, -0.15) is 5.26 Å². The number of anilines is 1. The molecule has 29 heavy (non-hydrogen) atoms.